The molecule has 28 heavy (non-hydrogen) atoms. The molecule has 146 valence electrons. The van der Waals surface area contributed by atoms with Gasteiger partial charge < -0.3 is 10.5 Å². The van der Waals surface area contributed by atoms with Crippen LogP contribution in [0.25, 0.3) is 16.8 Å². The van der Waals surface area contributed by atoms with Gasteiger partial charge in [0.25, 0.3) is 0 Å². The SMILES string of the molecule is Cl.NC/C(=C\F)Cn1nc2cc(-c3ccc4c(c3)NC(=O)OC4)ccn2c1=O. The van der Waals surface area contributed by atoms with Gasteiger partial charge in [0.05, 0.1) is 18.6 Å². The fourth-order valence-corrected chi connectivity index (χ4v) is 2.92. The summed E-state index contributed by atoms with van der Waals surface area (Å²) in [4.78, 5) is 23.8. The molecule has 1 aromatic carbocycles. The van der Waals surface area contributed by atoms with Gasteiger partial charge >= 0.3 is 11.8 Å². The molecule has 0 saturated carbocycles. The second-order valence-electron chi connectivity index (χ2n) is 6.13. The second kappa shape index (κ2) is 7.83. The number of benzene rings is 1. The predicted octanol–water partition coefficient (Wildman–Crippen LogP) is 2.46. The maximum atomic E-state index is 12.8. The van der Waals surface area contributed by atoms with Gasteiger partial charge in [0.1, 0.15) is 6.61 Å². The molecule has 0 spiro atoms. The minimum atomic E-state index is -0.489. The molecule has 1 amide bonds. The molecule has 3 aromatic rings. The average molecular weight is 406 g/mol. The van der Waals surface area contributed by atoms with E-state index in [2.05, 4.69) is 10.4 Å². The third kappa shape index (κ3) is 3.49. The number of halogens is 2. The first-order chi connectivity index (χ1) is 13.1. The van der Waals surface area contributed by atoms with Gasteiger partial charge in [-0.3, -0.25) is 9.72 Å². The van der Waals surface area contributed by atoms with Crippen LogP contribution in [0.3, 0.4) is 0 Å². The minimum absolute atomic E-state index is 0. The van der Waals surface area contributed by atoms with Gasteiger partial charge in [-0.15, -0.1) is 17.5 Å². The van der Waals surface area contributed by atoms with Gasteiger partial charge in [-0.1, -0.05) is 12.1 Å². The minimum Gasteiger partial charge on any atom is -0.444 e. The first-order valence-corrected chi connectivity index (χ1v) is 8.23. The Balaban J connectivity index is 0.00000225. The van der Waals surface area contributed by atoms with Crippen LogP contribution in [0.15, 0.2) is 53.2 Å². The third-order valence-corrected chi connectivity index (χ3v) is 4.39. The van der Waals surface area contributed by atoms with Gasteiger partial charge in [0.15, 0.2) is 5.65 Å². The number of hydrogen-bond acceptors (Lipinski definition) is 5. The van der Waals surface area contributed by atoms with Crippen LogP contribution in [0, 0.1) is 0 Å². The number of amides is 1. The molecule has 0 fully saturated rings. The Morgan fingerprint density at radius 3 is 2.82 bits per heavy atom. The van der Waals surface area contributed by atoms with Crippen molar-refractivity contribution in [2.45, 2.75) is 13.2 Å². The Hall–Kier alpha value is -3.17. The lowest BCUT2D eigenvalue weighted by Crippen LogP contribution is -2.23. The summed E-state index contributed by atoms with van der Waals surface area (Å²) in [5.41, 5.74) is 9.01. The van der Waals surface area contributed by atoms with Crippen molar-refractivity contribution in [1.29, 1.82) is 0 Å². The number of pyridine rings is 1. The van der Waals surface area contributed by atoms with Crippen molar-refractivity contribution in [3.8, 4) is 11.1 Å². The molecule has 0 radical (unpaired) electrons. The largest absolute Gasteiger partial charge is 0.444 e. The zero-order valence-electron chi connectivity index (χ0n) is 14.6. The van der Waals surface area contributed by atoms with E-state index in [0.29, 0.717) is 17.7 Å². The number of nitrogens with two attached hydrogens (primary N) is 1. The van der Waals surface area contributed by atoms with E-state index in [9.17, 15) is 14.0 Å². The van der Waals surface area contributed by atoms with E-state index in [4.69, 9.17) is 10.5 Å². The normalized spacial score (nSPS) is 13.5. The monoisotopic (exact) mass is 405 g/mol. The van der Waals surface area contributed by atoms with E-state index < -0.39 is 6.09 Å². The highest BCUT2D eigenvalue weighted by atomic mass is 35.5. The lowest BCUT2D eigenvalue weighted by molar-refractivity contribution is 0.151. The maximum Gasteiger partial charge on any atom is 0.411 e. The fraction of sp³-hybridized carbons (Fsp3) is 0.167. The Kier molecular flexibility index (Phi) is 5.48. The van der Waals surface area contributed by atoms with Crippen LogP contribution in [0.1, 0.15) is 5.56 Å². The van der Waals surface area contributed by atoms with Crippen molar-refractivity contribution < 1.29 is 13.9 Å². The summed E-state index contributed by atoms with van der Waals surface area (Å²) in [7, 11) is 0. The lowest BCUT2D eigenvalue weighted by atomic mass is 10.0. The quantitative estimate of drug-likeness (QED) is 0.694. The van der Waals surface area contributed by atoms with Crippen molar-refractivity contribution >= 4 is 29.8 Å². The summed E-state index contributed by atoms with van der Waals surface area (Å²) in [6.07, 6.45) is 1.52. The van der Waals surface area contributed by atoms with Gasteiger partial charge in [0.2, 0.25) is 0 Å². The van der Waals surface area contributed by atoms with Crippen LogP contribution < -0.4 is 16.7 Å². The summed E-state index contributed by atoms with van der Waals surface area (Å²) in [5.74, 6) is 0. The maximum absolute atomic E-state index is 12.8. The van der Waals surface area contributed by atoms with E-state index in [1.807, 2.05) is 18.2 Å². The number of nitrogens with one attached hydrogen (secondary N) is 1. The van der Waals surface area contributed by atoms with Crippen LogP contribution in [0.4, 0.5) is 14.9 Å². The van der Waals surface area contributed by atoms with E-state index in [1.54, 1.807) is 18.3 Å². The number of ether oxygens (including phenoxy) is 1. The predicted molar refractivity (Wildman–Crippen MR) is 104 cm³/mol. The summed E-state index contributed by atoms with van der Waals surface area (Å²) in [6, 6.07) is 9.15. The molecule has 2 aromatic heterocycles. The van der Waals surface area contributed by atoms with Crippen molar-refractivity contribution in [2.75, 3.05) is 11.9 Å². The zero-order valence-corrected chi connectivity index (χ0v) is 15.4. The summed E-state index contributed by atoms with van der Waals surface area (Å²) < 4.78 is 20.2. The van der Waals surface area contributed by atoms with E-state index in [-0.39, 0.29) is 43.4 Å². The Labute approximate surface area is 164 Å². The number of cyclic esters (lactones) is 1. The molecule has 3 N–H and O–H groups in total. The second-order valence-corrected chi connectivity index (χ2v) is 6.13. The van der Waals surface area contributed by atoms with Crippen molar-refractivity contribution in [2.24, 2.45) is 5.73 Å². The smallest absolute Gasteiger partial charge is 0.411 e. The topological polar surface area (TPSA) is 104 Å². The highest BCUT2D eigenvalue weighted by Crippen LogP contribution is 2.28. The summed E-state index contributed by atoms with van der Waals surface area (Å²) in [6.45, 7) is 0.228. The molecule has 8 nitrogen and oxygen atoms in total. The fourth-order valence-electron chi connectivity index (χ4n) is 2.92. The van der Waals surface area contributed by atoms with Crippen LogP contribution >= 0.6 is 12.4 Å². The number of carbonyl (C=O) groups excluding carboxylic acids is 1. The highest BCUT2D eigenvalue weighted by molar-refractivity contribution is 5.89. The molecule has 3 heterocycles. The van der Waals surface area contributed by atoms with Crippen molar-refractivity contribution in [3.05, 3.63) is 64.5 Å². The number of hydrogen-bond donors (Lipinski definition) is 2. The Bertz CT molecular complexity index is 1140. The molecule has 0 saturated heterocycles. The summed E-state index contributed by atoms with van der Waals surface area (Å²) >= 11 is 0. The zero-order chi connectivity index (χ0) is 19.0. The first-order valence-electron chi connectivity index (χ1n) is 8.23. The molecule has 4 rings (SSSR count). The van der Waals surface area contributed by atoms with Gasteiger partial charge in [-0.05, 0) is 34.9 Å². The Morgan fingerprint density at radius 2 is 2.07 bits per heavy atom. The average Bonchev–Trinajstić information content (AvgIpc) is 3.00. The van der Waals surface area contributed by atoms with Crippen LogP contribution in [0.2, 0.25) is 0 Å². The van der Waals surface area contributed by atoms with Gasteiger partial charge in [0, 0.05) is 18.3 Å². The van der Waals surface area contributed by atoms with E-state index in [0.717, 1.165) is 16.7 Å². The van der Waals surface area contributed by atoms with Gasteiger partial charge in [-0.25, -0.2) is 18.7 Å². The van der Waals surface area contributed by atoms with Gasteiger partial charge in [-0.2, -0.15) is 0 Å². The summed E-state index contributed by atoms with van der Waals surface area (Å²) in [5, 5.41) is 6.91. The standard InChI is InChI=1S/C18H16FN5O3.ClH/c19-7-11(8-20)9-24-18(26)23-4-3-13(6-16(23)22-24)12-1-2-14-10-27-17(25)21-15(14)5-12;/h1-7H,8-10,20H2,(H,21,25);1H/b11-7+;. The molecule has 0 aliphatic carbocycles. The number of rotatable bonds is 4. The lowest BCUT2D eigenvalue weighted by Gasteiger charge is -2.18. The molecule has 0 unspecified atom stereocenters. The van der Waals surface area contributed by atoms with Crippen molar-refractivity contribution in [3.63, 3.8) is 0 Å². The highest BCUT2D eigenvalue weighted by Gasteiger charge is 2.16. The van der Waals surface area contributed by atoms with Crippen LogP contribution in [-0.2, 0) is 17.9 Å². The van der Waals surface area contributed by atoms with Crippen LogP contribution in [-0.4, -0.2) is 26.8 Å². The molecular formula is C18H17ClFN5O3. The molecule has 10 heteroatoms. The number of anilines is 1. The molecule has 0 bridgehead atoms. The number of aromatic nitrogens is 3. The van der Waals surface area contributed by atoms with Crippen molar-refractivity contribution in [1.82, 2.24) is 14.2 Å². The third-order valence-electron chi connectivity index (χ3n) is 4.39. The first kappa shape index (κ1) is 19.6. The van der Waals surface area contributed by atoms with Crippen LogP contribution in [0.5, 0.6) is 0 Å². The van der Waals surface area contributed by atoms with E-state index >= 15 is 0 Å². The molecule has 1 aliphatic rings. The molecule has 0 atom stereocenters. The van der Waals surface area contributed by atoms with E-state index in [1.165, 1.54) is 9.08 Å². The number of carbonyl (C=O) groups is 1. The number of nitrogens with zero attached hydrogens (tertiary/aromatic N) is 3. The Morgan fingerprint density at radius 1 is 1.29 bits per heavy atom. The molecule has 1 aliphatic heterocycles. The number of fused-ring (bicyclic) bond motifs is 2. The molecular weight excluding hydrogens is 389 g/mol.